The molecule has 0 saturated heterocycles. The average Bonchev–Trinajstić information content (AvgIpc) is 2.59. The van der Waals surface area contributed by atoms with Crippen LogP contribution >= 0.6 is 11.6 Å². The number of carbonyl (C=O) groups excluding carboxylic acids is 1. The Balaban J connectivity index is 1.89. The number of benzene rings is 2. The molecule has 26 heavy (non-hydrogen) atoms. The van der Waals surface area contributed by atoms with Crippen molar-refractivity contribution >= 4 is 27.5 Å². The van der Waals surface area contributed by atoms with Crippen LogP contribution in [0.2, 0.25) is 5.02 Å². The van der Waals surface area contributed by atoms with Gasteiger partial charge in [-0.2, -0.15) is 0 Å². The lowest BCUT2D eigenvalue weighted by atomic mass is 10.1. The molecule has 8 heteroatoms. The summed E-state index contributed by atoms with van der Waals surface area (Å²) in [6.45, 7) is 3.92. The first kappa shape index (κ1) is 20.4. The van der Waals surface area contributed by atoms with Crippen molar-refractivity contribution in [3.05, 3.63) is 64.7 Å². The van der Waals surface area contributed by atoms with E-state index in [4.69, 9.17) is 16.7 Å². The molecule has 0 aliphatic carbocycles. The Morgan fingerprint density at radius 3 is 2.31 bits per heavy atom. The summed E-state index contributed by atoms with van der Waals surface area (Å²) in [5.41, 5.74) is 1.78. The summed E-state index contributed by atoms with van der Waals surface area (Å²) in [4.78, 5) is 12.2. The van der Waals surface area contributed by atoms with Crippen LogP contribution in [0, 0.1) is 0 Å². The minimum Gasteiger partial charge on any atom is -0.348 e. The summed E-state index contributed by atoms with van der Waals surface area (Å²) in [5, 5.41) is 11.7. The molecule has 2 rings (SSSR count). The highest BCUT2D eigenvalue weighted by Gasteiger charge is 2.13. The Hall–Kier alpha value is -1.93. The lowest BCUT2D eigenvalue weighted by molar-refractivity contribution is -0.121. The number of rotatable bonds is 7. The van der Waals surface area contributed by atoms with E-state index in [1.807, 2.05) is 32.0 Å². The molecule has 2 atom stereocenters. The van der Waals surface area contributed by atoms with Crippen molar-refractivity contribution in [3.63, 3.8) is 0 Å². The highest BCUT2D eigenvalue weighted by atomic mass is 35.5. The van der Waals surface area contributed by atoms with Crippen LogP contribution in [0.4, 0.5) is 0 Å². The Kier molecular flexibility index (Phi) is 6.77. The first-order chi connectivity index (χ1) is 12.2. The number of nitrogens with two attached hydrogens (primary N) is 1. The van der Waals surface area contributed by atoms with E-state index in [-0.39, 0.29) is 29.4 Å². The molecule has 140 valence electrons. The van der Waals surface area contributed by atoms with E-state index in [0.29, 0.717) is 5.02 Å². The molecule has 0 unspecified atom stereocenters. The predicted molar refractivity (Wildman–Crippen MR) is 102 cm³/mol. The average molecular weight is 396 g/mol. The summed E-state index contributed by atoms with van der Waals surface area (Å²) in [6, 6.07) is 13.3. The summed E-state index contributed by atoms with van der Waals surface area (Å²) < 4.78 is 22.5. The van der Waals surface area contributed by atoms with E-state index in [1.54, 1.807) is 18.2 Å². The van der Waals surface area contributed by atoms with Gasteiger partial charge in [0.05, 0.1) is 17.5 Å². The zero-order chi connectivity index (χ0) is 19.3. The van der Waals surface area contributed by atoms with Crippen molar-refractivity contribution in [1.82, 2.24) is 10.6 Å². The summed E-state index contributed by atoms with van der Waals surface area (Å²) in [5.74, 6) is -0.165. The van der Waals surface area contributed by atoms with Crippen LogP contribution in [0.15, 0.2) is 53.4 Å². The van der Waals surface area contributed by atoms with Gasteiger partial charge in [-0.25, -0.2) is 13.6 Å². The van der Waals surface area contributed by atoms with Gasteiger partial charge in [-0.05, 0) is 49.2 Å². The molecule has 0 aromatic heterocycles. The van der Waals surface area contributed by atoms with Crippen molar-refractivity contribution in [3.8, 4) is 0 Å². The molecule has 6 nitrogen and oxygen atoms in total. The molecule has 0 fully saturated rings. The summed E-state index contributed by atoms with van der Waals surface area (Å²) in [7, 11) is -3.72. The number of hydrogen-bond acceptors (Lipinski definition) is 4. The maximum atomic E-state index is 12.1. The predicted octanol–water partition coefficient (Wildman–Crippen LogP) is 2.52. The van der Waals surface area contributed by atoms with Crippen LogP contribution in [0.3, 0.4) is 0 Å². The minimum absolute atomic E-state index is 0.0243. The Morgan fingerprint density at radius 2 is 1.73 bits per heavy atom. The first-order valence-corrected chi connectivity index (χ1v) is 10.00. The lowest BCUT2D eigenvalue weighted by Gasteiger charge is -2.17. The molecule has 0 aliphatic heterocycles. The van der Waals surface area contributed by atoms with Crippen molar-refractivity contribution < 1.29 is 13.2 Å². The Morgan fingerprint density at radius 1 is 1.08 bits per heavy atom. The van der Waals surface area contributed by atoms with Gasteiger partial charge >= 0.3 is 0 Å². The Bertz CT molecular complexity index is 870. The van der Waals surface area contributed by atoms with E-state index in [9.17, 15) is 13.2 Å². The van der Waals surface area contributed by atoms with Gasteiger partial charge in [0.2, 0.25) is 15.9 Å². The highest BCUT2D eigenvalue weighted by molar-refractivity contribution is 7.89. The molecular weight excluding hydrogens is 374 g/mol. The standard InChI is InChI=1S/C18H22ClN3O3S/c1-12(15-4-3-5-16(19)10-15)21-11-18(23)22-13(2)14-6-8-17(9-7-14)26(20,24)25/h3-10,12-13,21H,11H2,1-2H3,(H,22,23)(H2,20,24,25)/t12-,13-/m0/s1. The van der Waals surface area contributed by atoms with Gasteiger partial charge in [0, 0.05) is 11.1 Å². The zero-order valence-corrected chi connectivity index (χ0v) is 16.1. The summed E-state index contributed by atoms with van der Waals surface area (Å²) in [6.07, 6.45) is 0. The molecule has 2 aromatic rings. The number of nitrogens with one attached hydrogen (secondary N) is 2. The van der Waals surface area contributed by atoms with E-state index in [0.717, 1.165) is 11.1 Å². The van der Waals surface area contributed by atoms with Crippen molar-refractivity contribution in [2.75, 3.05) is 6.54 Å². The fourth-order valence-corrected chi connectivity index (χ4v) is 3.18. The number of amides is 1. The zero-order valence-electron chi connectivity index (χ0n) is 14.6. The van der Waals surface area contributed by atoms with Crippen LogP contribution in [-0.4, -0.2) is 20.9 Å². The van der Waals surface area contributed by atoms with Gasteiger partial charge in [-0.1, -0.05) is 35.9 Å². The van der Waals surface area contributed by atoms with Crippen LogP contribution in [0.1, 0.15) is 37.1 Å². The largest absolute Gasteiger partial charge is 0.348 e. The normalized spacial score (nSPS) is 13.8. The van der Waals surface area contributed by atoms with Crippen LogP contribution < -0.4 is 15.8 Å². The third-order valence-corrected chi connectivity index (χ3v) is 5.17. The van der Waals surface area contributed by atoms with Gasteiger partial charge in [0.15, 0.2) is 0 Å². The number of sulfonamides is 1. The second-order valence-electron chi connectivity index (χ2n) is 6.06. The topological polar surface area (TPSA) is 101 Å². The summed E-state index contributed by atoms with van der Waals surface area (Å²) >= 11 is 5.98. The molecule has 0 radical (unpaired) electrons. The smallest absolute Gasteiger partial charge is 0.238 e. The third kappa shape index (κ3) is 5.81. The number of primary sulfonamides is 1. The molecule has 0 heterocycles. The second kappa shape index (κ2) is 8.64. The minimum atomic E-state index is -3.72. The van der Waals surface area contributed by atoms with Gasteiger partial charge in [-0.15, -0.1) is 0 Å². The maximum absolute atomic E-state index is 12.1. The van der Waals surface area contributed by atoms with Crippen LogP contribution in [0.25, 0.3) is 0 Å². The molecular formula is C18H22ClN3O3S. The fourth-order valence-electron chi connectivity index (χ4n) is 2.46. The molecule has 4 N–H and O–H groups in total. The van der Waals surface area contributed by atoms with Crippen LogP contribution in [0.5, 0.6) is 0 Å². The van der Waals surface area contributed by atoms with Gasteiger partial charge in [-0.3, -0.25) is 4.79 Å². The Labute approximate surface area is 158 Å². The van der Waals surface area contributed by atoms with Gasteiger partial charge in [0.1, 0.15) is 0 Å². The lowest BCUT2D eigenvalue weighted by Crippen LogP contribution is -2.36. The number of hydrogen-bond donors (Lipinski definition) is 3. The molecule has 0 spiro atoms. The van der Waals surface area contributed by atoms with Crippen molar-refractivity contribution in [2.45, 2.75) is 30.8 Å². The van der Waals surface area contributed by atoms with E-state index < -0.39 is 10.0 Å². The van der Waals surface area contributed by atoms with Crippen LogP contribution in [-0.2, 0) is 14.8 Å². The van der Waals surface area contributed by atoms with Crippen molar-refractivity contribution in [2.24, 2.45) is 5.14 Å². The maximum Gasteiger partial charge on any atom is 0.238 e. The number of halogens is 1. The quantitative estimate of drug-likeness (QED) is 0.670. The van der Waals surface area contributed by atoms with E-state index in [1.165, 1.54) is 12.1 Å². The molecule has 0 saturated carbocycles. The van der Waals surface area contributed by atoms with Gasteiger partial charge in [0.25, 0.3) is 0 Å². The first-order valence-electron chi connectivity index (χ1n) is 8.08. The fraction of sp³-hybridized carbons (Fsp3) is 0.278. The SMILES string of the molecule is C[C@H](NCC(=O)N[C@@H](C)c1ccc(S(N)(=O)=O)cc1)c1cccc(Cl)c1. The molecule has 0 bridgehead atoms. The second-order valence-corrected chi connectivity index (χ2v) is 8.06. The molecule has 2 aromatic carbocycles. The van der Waals surface area contributed by atoms with E-state index in [2.05, 4.69) is 10.6 Å². The third-order valence-electron chi connectivity index (χ3n) is 4.00. The van der Waals surface area contributed by atoms with Crippen molar-refractivity contribution in [1.29, 1.82) is 0 Å². The molecule has 0 aliphatic rings. The molecule has 1 amide bonds. The van der Waals surface area contributed by atoms with E-state index >= 15 is 0 Å². The van der Waals surface area contributed by atoms with Gasteiger partial charge < -0.3 is 10.6 Å². The number of carbonyl (C=O) groups is 1. The highest BCUT2D eigenvalue weighted by Crippen LogP contribution is 2.17. The monoisotopic (exact) mass is 395 g/mol.